The minimum atomic E-state index is -0.120. The van der Waals surface area contributed by atoms with Gasteiger partial charge in [0.05, 0.1) is 0 Å². The lowest BCUT2D eigenvalue weighted by Gasteiger charge is -2.24. The smallest absolute Gasteiger partial charge is 0.226 e. The second-order valence-electron chi connectivity index (χ2n) is 6.55. The molecule has 22 heavy (non-hydrogen) atoms. The van der Waals surface area contributed by atoms with Crippen molar-refractivity contribution in [2.24, 2.45) is 17.6 Å². The van der Waals surface area contributed by atoms with E-state index in [-0.39, 0.29) is 30.1 Å². The van der Waals surface area contributed by atoms with Gasteiger partial charge in [0, 0.05) is 45.1 Å². The van der Waals surface area contributed by atoms with Crippen molar-refractivity contribution in [3.63, 3.8) is 0 Å². The molecule has 0 radical (unpaired) electrons. The van der Waals surface area contributed by atoms with E-state index in [1.54, 1.807) is 0 Å². The van der Waals surface area contributed by atoms with Gasteiger partial charge in [0.2, 0.25) is 11.8 Å². The van der Waals surface area contributed by atoms with Gasteiger partial charge in [-0.1, -0.05) is 19.8 Å². The predicted octanol–water partition coefficient (Wildman–Crippen LogP) is 1.64. The highest BCUT2D eigenvalue weighted by Crippen LogP contribution is 2.28. The molecule has 128 valence electrons. The summed E-state index contributed by atoms with van der Waals surface area (Å²) in [7, 11) is 0. The van der Waals surface area contributed by atoms with Crippen LogP contribution in [0.2, 0.25) is 0 Å². The zero-order valence-corrected chi connectivity index (χ0v) is 14.4. The van der Waals surface area contributed by atoms with Crippen LogP contribution in [0, 0.1) is 11.8 Å². The van der Waals surface area contributed by atoms with E-state index in [9.17, 15) is 9.59 Å². The van der Waals surface area contributed by atoms with Gasteiger partial charge in [-0.15, -0.1) is 12.4 Å². The number of hydrogen-bond donors (Lipinski definition) is 1. The van der Waals surface area contributed by atoms with E-state index in [0.717, 1.165) is 19.5 Å². The molecule has 1 unspecified atom stereocenters. The van der Waals surface area contributed by atoms with Gasteiger partial charge in [0.25, 0.3) is 0 Å². The van der Waals surface area contributed by atoms with Gasteiger partial charge in [-0.25, -0.2) is 0 Å². The van der Waals surface area contributed by atoms with Crippen molar-refractivity contribution in [3.8, 4) is 0 Å². The summed E-state index contributed by atoms with van der Waals surface area (Å²) < 4.78 is 0. The standard InChI is InChI=1S/C16H29N3O2.ClH/c1-13(12-17)16(21)19-8-4-7-18(9-10-19)15(20)11-14-5-2-3-6-14;/h13-14H,2-12,17H2,1H3;1H. The summed E-state index contributed by atoms with van der Waals surface area (Å²) in [6.45, 7) is 5.12. The Morgan fingerprint density at radius 1 is 1.05 bits per heavy atom. The summed E-state index contributed by atoms with van der Waals surface area (Å²) in [5.41, 5.74) is 5.57. The molecular weight excluding hydrogens is 302 g/mol. The first-order valence-corrected chi connectivity index (χ1v) is 8.38. The number of amides is 2. The van der Waals surface area contributed by atoms with Gasteiger partial charge in [-0.05, 0) is 25.2 Å². The molecule has 0 aromatic heterocycles. The third-order valence-electron chi connectivity index (χ3n) is 4.87. The number of carbonyl (C=O) groups excluding carboxylic acids is 2. The molecule has 5 nitrogen and oxygen atoms in total. The SMILES string of the molecule is CC(CN)C(=O)N1CCCN(C(=O)CC2CCCC2)CC1.Cl. The van der Waals surface area contributed by atoms with Crippen molar-refractivity contribution in [3.05, 3.63) is 0 Å². The van der Waals surface area contributed by atoms with Crippen molar-refractivity contribution >= 4 is 24.2 Å². The minimum Gasteiger partial charge on any atom is -0.341 e. The number of nitrogens with two attached hydrogens (primary N) is 1. The van der Waals surface area contributed by atoms with Crippen LogP contribution >= 0.6 is 12.4 Å². The van der Waals surface area contributed by atoms with Crippen LogP contribution in [0.1, 0.15) is 45.4 Å². The van der Waals surface area contributed by atoms with Crippen LogP contribution < -0.4 is 5.73 Å². The van der Waals surface area contributed by atoms with E-state index in [4.69, 9.17) is 5.73 Å². The third-order valence-corrected chi connectivity index (χ3v) is 4.87. The van der Waals surface area contributed by atoms with Gasteiger partial charge < -0.3 is 15.5 Å². The molecule has 0 bridgehead atoms. The first-order chi connectivity index (χ1) is 10.1. The van der Waals surface area contributed by atoms with E-state index in [2.05, 4.69) is 0 Å². The molecule has 1 saturated heterocycles. The number of halogens is 1. The van der Waals surface area contributed by atoms with Crippen LogP contribution in [0.3, 0.4) is 0 Å². The quantitative estimate of drug-likeness (QED) is 0.851. The number of hydrogen-bond acceptors (Lipinski definition) is 3. The molecule has 0 aromatic rings. The lowest BCUT2D eigenvalue weighted by Crippen LogP contribution is -2.41. The van der Waals surface area contributed by atoms with E-state index in [1.165, 1.54) is 25.7 Å². The van der Waals surface area contributed by atoms with Crippen molar-refractivity contribution in [2.75, 3.05) is 32.7 Å². The highest BCUT2D eigenvalue weighted by molar-refractivity contribution is 5.85. The minimum absolute atomic E-state index is 0. The number of carbonyl (C=O) groups is 2. The summed E-state index contributed by atoms with van der Waals surface area (Å²) in [6, 6.07) is 0. The summed E-state index contributed by atoms with van der Waals surface area (Å²) >= 11 is 0. The molecule has 6 heteroatoms. The van der Waals surface area contributed by atoms with Gasteiger partial charge in [-0.2, -0.15) is 0 Å². The summed E-state index contributed by atoms with van der Waals surface area (Å²) in [4.78, 5) is 28.4. The Morgan fingerprint density at radius 2 is 1.64 bits per heavy atom. The Bertz CT molecular complexity index is 372. The van der Waals surface area contributed by atoms with Gasteiger partial charge >= 0.3 is 0 Å². The first-order valence-electron chi connectivity index (χ1n) is 8.38. The molecule has 2 rings (SSSR count). The summed E-state index contributed by atoms with van der Waals surface area (Å²) in [5, 5.41) is 0. The molecule has 2 fully saturated rings. The van der Waals surface area contributed by atoms with E-state index in [1.807, 2.05) is 16.7 Å². The normalized spacial score (nSPS) is 21.2. The second-order valence-corrected chi connectivity index (χ2v) is 6.55. The summed E-state index contributed by atoms with van der Waals surface area (Å²) in [5.74, 6) is 0.882. The highest BCUT2D eigenvalue weighted by Gasteiger charge is 2.26. The molecule has 1 aliphatic carbocycles. The Hall–Kier alpha value is -0.810. The first kappa shape index (κ1) is 19.2. The Balaban J connectivity index is 0.00000242. The Kier molecular flexibility index (Phi) is 8.18. The molecule has 0 aromatic carbocycles. The van der Waals surface area contributed by atoms with Gasteiger partial charge in [0.15, 0.2) is 0 Å². The molecule has 1 atom stereocenters. The third kappa shape index (κ3) is 5.13. The maximum atomic E-state index is 12.4. The molecular formula is C16H30ClN3O2. The van der Waals surface area contributed by atoms with E-state index in [0.29, 0.717) is 32.0 Å². The molecule has 1 saturated carbocycles. The Morgan fingerprint density at radius 3 is 2.27 bits per heavy atom. The number of nitrogens with zero attached hydrogens (tertiary/aromatic N) is 2. The Labute approximate surface area is 140 Å². The number of rotatable bonds is 4. The average molecular weight is 332 g/mol. The van der Waals surface area contributed by atoms with Gasteiger partial charge in [0.1, 0.15) is 0 Å². The molecule has 2 N–H and O–H groups in total. The highest BCUT2D eigenvalue weighted by atomic mass is 35.5. The molecule has 1 heterocycles. The lowest BCUT2D eigenvalue weighted by atomic mass is 10.0. The van der Waals surface area contributed by atoms with Crippen LogP contribution in [0.4, 0.5) is 0 Å². The largest absolute Gasteiger partial charge is 0.341 e. The molecule has 2 aliphatic rings. The fraction of sp³-hybridized carbons (Fsp3) is 0.875. The van der Waals surface area contributed by atoms with Crippen molar-refractivity contribution in [2.45, 2.75) is 45.4 Å². The molecule has 2 amide bonds. The van der Waals surface area contributed by atoms with Crippen molar-refractivity contribution < 1.29 is 9.59 Å². The monoisotopic (exact) mass is 331 g/mol. The van der Waals surface area contributed by atoms with Crippen LogP contribution in [0.25, 0.3) is 0 Å². The van der Waals surface area contributed by atoms with Crippen LogP contribution in [-0.2, 0) is 9.59 Å². The van der Waals surface area contributed by atoms with Crippen LogP contribution in [0.5, 0.6) is 0 Å². The lowest BCUT2D eigenvalue weighted by molar-refractivity contribution is -0.136. The van der Waals surface area contributed by atoms with Crippen molar-refractivity contribution in [1.82, 2.24) is 9.80 Å². The van der Waals surface area contributed by atoms with Gasteiger partial charge in [-0.3, -0.25) is 9.59 Å². The molecule has 1 aliphatic heterocycles. The fourth-order valence-corrected chi connectivity index (χ4v) is 3.39. The maximum absolute atomic E-state index is 12.4. The topological polar surface area (TPSA) is 66.6 Å². The maximum Gasteiger partial charge on any atom is 0.226 e. The van der Waals surface area contributed by atoms with E-state index >= 15 is 0 Å². The zero-order chi connectivity index (χ0) is 15.2. The van der Waals surface area contributed by atoms with Crippen LogP contribution in [0.15, 0.2) is 0 Å². The fourth-order valence-electron chi connectivity index (χ4n) is 3.39. The van der Waals surface area contributed by atoms with E-state index < -0.39 is 0 Å². The molecule has 0 spiro atoms. The predicted molar refractivity (Wildman–Crippen MR) is 89.8 cm³/mol. The second kappa shape index (κ2) is 9.36. The van der Waals surface area contributed by atoms with Crippen LogP contribution in [-0.4, -0.2) is 54.3 Å². The summed E-state index contributed by atoms with van der Waals surface area (Å²) in [6.07, 6.45) is 6.54. The zero-order valence-electron chi connectivity index (χ0n) is 13.6. The van der Waals surface area contributed by atoms with Crippen molar-refractivity contribution in [1.29, 1.82) is 0 Å². The average Bonchev–Trinajstić information content (AvgIpc) is 2.87.